The van der Waals surface area contributed by atoms with E-state index in [0.29, 0.717) is 29.7 Å². The van der Waals surface area contributed by atoms with Gasteiger partial charge in [-0.3, -0.25) is 14.3 Å². The second kappa shape index (κ2) is 9.52. The van der Waals surface area contributed by atoms with Gasteiger partial charge in [-0.05, 0) is 56.2 Å². The lowest BCUT2D eigenvalue weighted by molar-refractivity contribution is -0.0340. The number of hydrogen-bond acceptors (Lipinski definition) is 7. The third-order valence-electron chi connectivity index (χ3n) is 5.08. The predicted molar refractivity (Wildman–Crippen MR) is 117 cm³/mol. The molecule has 9 heteroatoms. The molecular formula is C23H22N4O5. The van der Waals surface area contributed by atoms with Crippen LogP contribution >= 0.6 is 0 Å². The van der Waals surface area contributed by atoms with Crippen LogP contribution in [0.5, 0.6) is 0 Å². The quantitative estimate of drug-likeness (QED) is 0.468. The maximum absolute atomic E-state index is 12.4. The fraction of sp³-hybridized carbons (Fsp3) is 0.261. The van der Waals surface area contributed by atoms with Gasteiger partial charge in [0.25, 0.3) is 5.56 Å². The first-order valence-electron chi connectivity index (χ1n) is 10.2. The number of H-pyrrole nitrogens is 1. The van der Waals surface area contributed by atoms with Crippen molar-refractivity contribution in [2.24, 2.45) is 10.2 Å². The average Bonchev–Trinajstić information content (AvgIpc) is 3.28. The smallest absolute Gasteiger partial charge is 0.338 e. The number of benzene rings is 2. The molecule has 9 nitrogen and oxygen atoms in total. The first-order valence-corrected chi connectivity index (χ1v) is 10.2. The monoisotopic (exact) mass is 434 g/mol. The van der Waals surface area contributed by atoms with Crippen LogP contribution in [-0.4, -0.2) is 28.2 Å². The molecule has 1 aromatic heterocycles. The van der Waals surface area contributed by atoms with Gasteiger partial charge < -0.3 is 9.47 Å². The van der Waals surface area contributed by atoms with Crippen LogP contribution in [0.1, 0.15) is 35.0 Å². The van der Waals surface area contributed by atoms with Gasteiger partial charge in [0.15, 0.2) is 0 Å². The molecule has 0 aliphatic carbocycles. The normalized spacial score (nSPS) is 18.2. The first-order chi connectivity index (χ1) is 15.5. The highest BCUT2D eigenvalue weighted by Gasteiger charge is 2.28. The Kier molecular flexibility index (Phi) is 6.37. The van der Waals surface area contributed by atoms with E-state index in [1.807, 2.05) is 30.3 Å². The summed E-state index contributed by atoms with van der Waals surface area (Å²) < 4.78 is 12.6. The zero-order valence-corrected chi connectivity index (χ0v) is 17.4. The molecule has 0 saturated carbocycles. The molecular weight excluding hydrogens is 412 g/mol. The molecule has 4 rings (SSSR count). The van der Waals surface area contributed by atoms with Crippen molar-refractivity contribution in [3.63, 3.8) is 0 Å². The SMILES string of the molecule is Cc1cn([C@H]2CC[C@@H](COC(=O)c3ccc(N=Nc4ccccc4)cc3)O2)c(=O)[nH]c1=O. The molecule has 164 valence electrons. The number of hydrogen-bond donors (Lipinski definition) is 1. The zero-order valence-electron chi connectivity index (χ0n) is 17.4. The molecule has 2 aromatic carbocycles. The molecule has 1 aliphatic rings. The summed E-state index contributed by atoms with van der Waals surface area (Å²) in [6.07, 6.45) is 1.85. The summed E-state index contributed by atoms with van der Waals surface area (Å²) in [6.45, 7) is 1.69. The van der Waals surface area contributed by atoms with Crippen molar-refractivity contribution in [3.05, 3.63) is 92.8 Å². The standard InChI is InChI=1S/C23H22N4O5/c1-15-13-27(23(30)24-21(15)28)20-12-11-19(32-20)14-31-22(29)16-7-9-18(10-8-16)26-25-17-5-3-2-4-6-17/h2-10,13,19-20H,11-12,14H2,1H3,(H,24,28,30)/t19-,20+/m0/s1. The topological polar surface area (TPSA) is 115 Å². The van der Waals surface area contributed by atoms with Crippen LogP contribution in [-0.2, 0) is 9.47 Å². The Morgan fingerprint density at radius 2 is 1.75 bits per heavy atom. The van der Waals surface area contributed by atoms with Crippen LogP contribution in [0.15, 0.2) is 80.6 Å². The van der Waals surface area contributed by atoms with E-state index in [2.05, 4.69) is 15.2 Å². The number of nitrogens with one attached hydrogen (secondary N) is 1. The fourth-order valence-corrected chi connectivity index (χ4v) is 3.34. The minimum absolute atomic E-state index is 0.0713. The number of ether oxygens (including phenoxy) is 2. The van der Waals surface area contributed by atoms with Gasteiger partial charge in [-0.1, -0.05) is 18.2 Å². The van der Waals surface area contributed by atoms with Crippen molar-refractivity contribution in [1.82, 2.24) is 9.55 Å². The third kappa shape index (κ3) is 5.06. The minimum Gasteiger partial charge on any atom is -0.459 e. The molecule has 1 N–H and O–H groups in total. The molecule has 1 saturated heterocycles. The Morgan fingerprint density at radius 3 is 2.47 bits per heavy atom. The highest BCUT2D eigenvalue weighted by atomic mass is 16.6. The van der Waals surface area contributed by atoms with Crippen LogP contribution in [0.3, 0.4) is 0 Å². The van der Waals surface area contributed by atoms with E-state index in [1.54, 1.807) is 31.2 Å². The summed E-state index contributed by atoms with van der Waals surface area (Å²) in [4.78, 5) is 38.2. The number of nitrogens with zero attached hydrogens (tertiary/aromatic N) is 3. The minimum atomic E-state index is -0.521. The van der Waals surface area contributed by atoms with Crippen molar-refractivity contribution < 1.29 is 14.3 Å². The Bertz CT molecular complexity index is 1230. The van der Waals surface area contributed by atoms with Gasteiger partial charge >= 0.3 is 11.7 Å². The molecule has 0 spiro atoms. The largest absolute Gasteiger partial charge is 0.459 e. The summed E-state index contributed by atoms with van der Waals surface area (Å²) in [5.41, 5.74) is 1.25. The fourth-order valence-electron chi connectivity index (χ4n) is 3.34. The third-order valence-corrected chi connectivity index (χ3v) is 5.08. The van der Waals surface area contributed by atoms with Crippen molar-refractivity contribution in [1.29, 1.82) is 0 Å². The van der Waals surface area contributed by atoms with Crippen LogP contribution in [0.4, 0.5) is 11.4 Å². The molecule has 0 unspecified atom stereocenters. The number of carbonyl (C=O) groups is 1. The summed E-state index contributed by atoms with van der Waals surface area (Å²) in [5.74, 6) is -0.472. The Labute approximate surface area is 183 Å². The number of aromatic nitrogens is 2. The molecule has 2 atom stereocenters. The van der Waals surface area contributed by atoms with Crippen molar-refractivity contribution >= 4 is 17.3 Å². The van der Waals surface area contributed by atoms with Crippen LogP contribution < -0.4 is 11.2 Å². The van der Waals surface area contributed by atoms with Gasteiger partial charge in [0.05, 0.1) is 23.0 Å². The number of aryl methyl sites for hydroxylation is 1. The molecule has 0 amide bonds. The van der Waals surface area contributed by atoms with Crippen LogP contribution in [0.25, 0.3) is 0 Å². The number of azo groups is 1. The Morgan fingerprint density at radius 1 is 1.06 bits per heavy atom. The predicted octanol–water partition coefficient (Wildman–Crippen LogP) is 3.80. The molecule has 2 heterocycles. The van der Waals surface area contributed by atoms with Gasteiger partial charge in [0.2, 0.25) is 0 Å². The second-order valence-corrected chi connectivity index (χ2v) is 7.45. The number of aromatic amines is 1. The number of esters is 1. The van der Waals surface area contributed by atoms with E-state index in [9.17, 15) is 14.4 Å². The Hall–Kier alpha value is -3.85. The van der Waals surface area contributed by atoms with E-state index < -0.39 is 23.4 Å². The maximum Gasteiger partial charge on any atom is 0.338 e. The van der Waals surface area contributed by atoms with Crippen LogP contribution in [0, 0.1) is 6.92 Å². The van der Waals surface area contributed by atoms with E-state index in [-0.39, 0.29) is 12.7 Å². The van der Waals surface area contributed by atoms with Crippen molar-refractivity contribution in [2.75, 3.05) is 6.61 Å². The summed E-state index contributed by atoms with van der Waals surface area (Å²) >= 11 is 0. The summed E-state index contributed by atoms with van der Waals surface area (Å²) in [5, 5.41) is 8.28. The molecule has 3 aromatic rings. The average molecular weight is 434 g/mol. The number of rotatable bonds is 6. The molecule has 1 fully saturated rings. The Balaban J connectivity index is 1.30. The highest BCUT2D eigenvalue weighted by molar-refractivity contribution is 5.89. The molecule has 32 heavy (non-hydrogen) atoms. The van der Waals surface area contributed by atoms with Gasteiger partial charge in [0.1, 0.15) is 12.8 Å². The zero-order chi connectivity index (χ0) is 22.5. The maximum atomic E-state index is 12.4. The van der Waals surface area contributed by atoms with E-state index in [0.717, 1.165) is 5.69 Å². The number of carbonyl (C=O) groups excluding carboxylic acids is 1. The summed E-state index contributed by atoms with van der Waals surface area (Å²) in [7, 11) is 0. The molecule has 0 radical (unpaired) electrons. The van der Waals surface area contributed by atoms with Crippen molar-refractivity contribution in [3.8, 4) is 0 Å². The van der Waals surface area contributed by atoms with Gasteiger partial charge in [-0.25, -0.2) is 9.59 Å². The molecule has 1 aliphatic heterocycles. The van der Waals surface area contributed by atoms with Gasteiger partial charge in [-0.2, -0.15) is 10.2 Å². The highest BCUT2D eigenvalue weighted by Crippen LogP contribution is 2.27. The second-order valence-electron chi connectivity index (χ2n) is 7.45. The lowest BCUT2D eigenvalue weighted by Gasteiger charge is -2.16. The van der Waals surface area contributed by atoms with Crippen LogP contribution in [0.2, 0.25) is 0 Å². The van der Waals surface area contributed by atoms with E-state index >= 15 is 0 Å². The summed E-state index contributed by atoms with van der Waals surface area (Å²) in [6, 6.07) is 16.0. The van der Waals surface area contributed by atoms with Gasteiger partial charge in [0, 0.05) is 11.8 Å². The first kappa shape index (κ1) is 21.4. The van der Waals surface area contributed by atoms with E-state index in [1.165, 1.54) is 10.8 Å². The van der Waals surface area contributed by atoms with Gasteiger partial charge in [-0.15, -0.1) is 0 Å². The van der Waals surface area contributed by atoms with Crippen molar-refractivity contribution in [2.45, 2.75) is 32.1 Å². The molecule has 0 bridgehead atoms. The lowest BCUT2D eigenvalue weighted by Crippen LogP contribution is -2.33. The lowest BCUT2D eigenvalue weighted by atomic mass is 10.2. The van der Waals surface area contributed by atoms with E-state index in [4.69, 9.17) is 9.47 Å².